The van der Waals surface area contributed by atoms with E-state index in [2.05, 4.69) is 5.32 Å². The van der Waals surface area contributed by atoms with E-state index in [0.29, 0.717) is 26.5 Å². The second kappa shape index (κ2) is 5.85. The Bertz CT molecular complexity index is 826. The van der Waals surface area contributed by atoms with Gasteiger partial charge in [0.05, 0.1) is 16.6 Å². The minimum Gasteiger partial charge on any atom is -0.397 e. The zero-order chi connectivity index (χ0) is 15.0. The summed E-state index contributed by atoms with van der Waals surface area (Å²) in [7, 11) is 0. The molecule has 0 unspecified atom stereocenters. The summed E-state index contributed by atoms with van der Waals surface area (Å²) >= 11 is 14.6. The van der Waals surface area contributed by atoms with Crippen molar-refractivity contribution in [2.24, 2.45) is 0 Å². The zero-order valence-corrected chi connectivity index (χ0v) is 13.8. The monoisotopic (exact) mass is 356 g/mol. The quantitative estimate of drug-likeness (QED) is 0.709. The van der Waals surface area contributed by atoms with Crippen LogP contribution in [0.4, 0.5) is 5.69 Å². The standard InChI is InChI=1S/C14H10Cl2N2OS2/c15-7-1-3-10-9(5-7)12(17)13(21-10)14(19)18-6-8-2-4-11(16)20-8/h1-5H,6,17H2,(H,18,19). The number of benzene rings is 1. The van der Waals surface area contributed by atoms with E-state index in [1.807, 2.05) is 18.2 Å². The van der Waals surface area contributed by atoms with Gasteiger partial charge in [-0.15, -0.1) is 22.7 Å². The molecule has 0 radical (unpaired) electrons. The van der Waals surface area contributed by atoms with Crippen molar-refractivity contribution < 1.29 is 4.79 Å². The highest BCUT2D eigenvalue weighted by Crippen LogP contribution is 2.35. The normalized spacial score (nSPS) is 11.0. The van der Waals surface area contributed by atoms with Crippen molar-refractivity contribution >= 4 is 67.6 Å². The van der Waals surface area contributed by atoms with E-state index < -0.39 is 0 Å². The third kappa shape index (κ3) is 3.01. The Morgan fingerprint density at radius 3 is 2.71 bits per heavy atom. The van der Waals surface area contributed by atoms with Crippen LogP contribution in [0.15, 0.2) is 30.3 Å². The Balaban J connectivity index is 1.82. The highest BCUT2D eigenvalue weighted by molar-refractivity contribution is 7.21. The molecule has 1 aromatic carbocycles. The highest BCUT2D eigenvalue weighted by atomic mass is 35.5. The van der Waals surface area contributed by atoms with Gasteiger partial charge in [0.2, 0.25) is 0 Å². The number of carbonyl (C=O) groups is 1. The van der Waals surface area contributed by atoms with Gasteiger partial charge in [0.25, 0.3) is 5.91 Å². The fraction of sp³-hybridized carbons (Fsp3) is 0.0714. The maximum atomic E-state index is 12.3. The van der Waals surface area contributed by atoms with Gasteiger partial charge in [-0.3, -0.25) is 4.79 Å². The van der Waals surface area contributed by atoms with Crippen molar-refractivity contribution in [3.05, 3.63) is 49.4 Å². The van der Waals surface area contributed by atoms with Crippen LogP contribution in [0.3, 0.4) is 0 Å². The molecule has 2 aromatic heterocycles. The lowest BCUT2D eigenvalue weighted by atomic mass is 10.2. The van der Waals surface area contributed by atoms with Crippen molar-refractivity contribution in [2.45, 2.75) is 6.54 Å². The molecular formula is C14H10Cl2N2OS2. The first-order chi connectivity index (χ1) is 10.0. The van der Waals surface area contributed by atoms with Crippen LogP contribution in [-0.4, -0.2) is 5.91 Å². The van der Waals surface area contributed by atoms with Crippen molar-refractivity contribution in [2.75, 3.05) is 5.73 Å². The van der Waals surface area contributed by atoms with Crippen molar-refractivity contribution in [3.63, 3.8) is 0 Å². The third-order valence-electron chi connectivity index (χ3n) is 2.95. The van der Waals surface area contributed by atoms with Crippen LogP contribution >= 0.6 is 45.9 Å². The van der Waals surface area contributed by atoms with E-state index >= 15 is 0 Å². The average molecular weight is 357 g/mol. The van der Waals surface area contributed by atoms with Gasteiger partial charge in [-0.2, -0.15) is 0 Å². The molecule has 0 atom stereocenters. The van der Waals surface area contributed by atoms with Gasteiger partial charge in [0.15, 0.2) is 0 Å². The average Bonchev–Trinajstić information content (AvgIpc) is 3.01. The SMILES string of the molecule is Nc1c(C(=O)NCc2ccc(Cl)s2)sc2ccc(Cl)cc12. The minimum absolute atomic E-state index is 0.186. The minimum atomic E-state index is -0.186. The number of nitrogens with two attached hydrogens (primary N) is 1. The zero-order valence-electron chi connectivity index (χ0n) is 10.7. The number of carbonyl (C=O) groups excluding carboxylic acids is 1. The molecule has 0 spiro atoms. The van der Waals surface area contributed by atoms with Crippen molar-refractivity contribution in [3.8, 4) is 0 Å². The molecule has 7 heteroatoms. The van der Waals surface area contributed by atoms with E-state index in [0.717, 1.165) is 15.0 Å². The molecule has 1 amide bonds. The summed E-state index contributed by atoms with van der Waals surface area (Å²) in [6.45, 7) is 0.435. The molecular weight excluding hydrogens is 347 g/mol. The maximum absolute atomic E-state index is 12.3. The summed E-state index contributed by atoms with van der Waals surface area (Å²) in [6.07, 6.45) is 0. The summed E-state index contributed by atoms with van der Waals surface area (Å²) < 4.78 is 1.65. The molecule has 0 saturated heterocycles. The van der Waals surface area contributed by atoms with E-state index in [9.17, 15) is 4.79 Å². The van der Waals surface area contributed by atoms with Gasteiger partial charge in [0.1, 0.15) is 4.88 Å². The molecule has 0 aliphatic heterocycles. The second-order valence-electron chi connectivity index (χ2n) is 4.37. The lowest BCUT2D eigenvalue weighted by Gasteiger charge is -2.02. The molecule has 108 valence electrons. The topological polar surface area (TPSA) is 55.1 Å². The van der Waals surface area contributed by atoms with Gasteiger partial charge in [-0.1, -0.05) is 23.2 Å². The van der Waals surface area contributed by atoms with E-state index in [-0.39, 0.29) is 5.91 Å². The van der Waals surface area contributed by atoms with Crippen LogP contribution in [0.2, 0.25) is 9.36 Å². The fourth-order valence-corrected chi connectivity index (χ4v) is 4.17. The third-order valence-corrected chi connectivity index (χ3v) is 5.60. The number of anilines is 1. The largest absolute Gasteiger partial charge is 0.397 e. The number of halogens is 2. The van der Waals surface area contributed by atoms with E-state index in [1.54, 1.807) is 12.1 Å². The molecule has 3 rings (SSSR count). The Labute approximate surface area is 139 Å². The molecule has 3 N–H and O–H groups in total. The van der Waals surface area contributed by atoms with Crippen LogP contribution in [-0.2, 0) is 6.54 Å². The van der Waals surface area contributed by atoms with Gasteiger partial charge in [0, 0.05) is 20.0 Å². The molecule has 0 aliphatic rings. The number of fused-ring (bicyclic) bond motifs is 1. The molecule has 0 saturated carbocycles. The van der Waals surface area contributed by atoms with Crippen LogP contribution in [0.25, 0.3) is 10.1 Å². The number of thiophene rings is 2. The number of amides is 1. The number of nitrogens with one attached hydrogen (secondary N) is 1. The molecule has 21 heavy (non-hydrogen) atoms. The summed E-state index contributed by atoms with van der Waals surface area (Å²) in [5.74, 6) is -0.186. The van der Waals surface area contributed by atoms with Crippen LogP contribution in [0, 0.1) is 0 Å². The van der Waals surface area contributed by atoms with Crippen LogP contribution in [0.1, 0.15) is 14.5 Å². The molecule has 0 bridgehead atoms. The first-order valence-electron chi connectivity index (χ1n) is 6.04. The fourth-order valence-electron chi connectivity index (χ4n) is 1.95. The molecule has 3 nitrogen and oxygen atoms in total. The number of nitrogen functional groups attached to an aromatic ring is 1. The maximum Gasteiger partial charge on any atom is 0.263 e. The lowest BCUT2D eigenvalue weighted by molar-refractivity contribution is 0.0956. The van der Waals surface area contributed by atoms with Crippen LogP contribution < -0.4 is 11.1 Å². The second-order valence-corrected chi connectivity index (χ2v) is 7.66. The van der Waals surface area contributed by atoms with Gasteiger partial charge >= 0.3 is 0 Å². The summed E-state index contributed by atoms with van der Waals surface area (Å²) in [6, 6.07) is 9.13. The smallest absolute Gasteiger partial charge is 0.263 e. The predicted molar refractivity (Wildman–Crippen MR) is 91.7 cm³/mol. The van der Waals surface area contributed by atoms with E-state index in [1.165, 1.54) is 22.7 Å². The van der Waals surface area contributed by atoms with Gasteiger partial charge in [-0.25, -0.2) is 0 Å². The number of hydrogen-bond acceptors (Lipinski definition) is 4. The first-order valence-corrected chi connectivity index (χ1v) is 8.43. The lowest BCUT2D eigenvalue weighted by Crippen LogP contribution is -2.22. The Morgan fingerprint density at radius 2 is 2.00 bits per heavy atom. The Kier molecular flexibility index (Phi) is 4.08. The summed E-state index contributed by atoms with van der Waals surface area (Å²) in [5, 5.41) is 4.28. The van der Waals surface area contributed by atoms with Crippen molar-refractivity contribution in [1.82, 2.24) is 5.32 Å². The summed E-state index contributed by atoms with van der Waals surface area (Å²) in [4.78, 5) is 13.8. The molecule has 0 aliphatic carbocycles. The molecule has 2 heterocycles. The molecule has 3 aromatic rings. The van der Waals surface area contributed by atoms with E-state index in [4.69, 9.17) is 28.9 Å². The van der Waals surface area contributed by atoms with Crippen molar-refractivity contribution in [1.29, 1.82) is 0 Å². The predicted octanol–water partition coefficient (Wildman–Crippen LogP) is 4.78. The Hall–Kier alpha value is -1.27. The number of rotatable bonds is 3. The van der Waals surface area contributed by atoms with Gasteiger partial charge in [-0.05, 0) is 30.3 Å². The highest BCUT2D eigenvalue weighted by Gasteiger charge is 2.16. The summed E-state index contributed by atoms with van der Waals surface area (Å²) in [5.41, 5.74) is 6.53. The number of hydrogen-bond donors (Lipinski definition) is 2. The van der Waals surface area contributed by atoms with Crippen LogP contribution in [0.5, 0.6) is 0 Å². The Morgan fingerprint density at radius 1 is 1.19 bits per heavy atom. The van der Waals surface area contributed by atoms with Gasteiger partial charge < -0.3 is 11.1 Å². The first kappa shape index (κ1) is 14.7. The molecule has 0 fully saturated rings.